The Morgan fingerprint density at radius 1 is 1.27 bits per heavy atom. The Morgan fingerprint density at radius 3 is 2.20 bits per heavy atom. The van der Waals surface area contributed by atoms with Gasteiger partial charge >= 0.3 is 5.69 Å². The molecular formula is C6H2Cl3NO4S. The van der Waals surface area contributed by atoms with Crippen LogP contribution in [0, 0.1) is 10.1 Å². The number of nitrogens with zero attached hydrogens (tertiary/aromatic N) is 1. The molecule has 0 saturated carbocycles. The Labute approximate surface area is 99.1 Å². The van der Waals surface area contributed by atoms with E-state index in [9.17, 15) is 18.5 Å². The number of benzene rings is 1. The largest absolute Gasteiger partial charge is 0.309 e. The van der Waals surface area contributed by atoms with Crippen LogP contribution in [0.15, 0.2) is 17.0 Å². The van der Waals surface area contributed by atoms with Crippen molar-refractivity contribution in [1.29, 1.82) is 0 Å². The molecule has 0 aliphatic carbocycles. The molecule has 0 spiro atoms. The van der Waals surface area contributed by atoms with Gasteiger partial charge in [-0.05, 0) is 12.1 Å². The van der Waals surface area contributed by atoms with Gasteiger partial charge < -0.3 is 0 Å². The van der Waals surface area contributed by atoms with Gasteiger partial charge in [0.1, 0.15) is 5.02 Å². The van der Waals surface area contributed by atoms with E-state index in [-0.39, 0.29) is 5.02 Å². The summed E-state index contributed by atoms with van der Waals surface area (Å²) in [6.07, 6.45) is 0. The third kappa shape index (κ3) is 2.52. The van der Waals surface area contributed by atoms with E-state index in [0.717, 1.165) is 12.1 Å². The molecular weight excluding hydrogens is 288 g/mol. The van der Waals surface area contributed by atoms with Crippen LogP contribution in [0.1, 0.15) is 0 Å². The molecule has 0 radical (unpaired) electrons. The first-order valence-electron chi connectivity index (χ1n) is 3.32. The number of halogens is 3. The standard InChI is InChI=1S/C6H2Cl3NO4S/c7-3-1-2-4(15(9,13)14)6(5(3)8)10(11)12/h1-2H. The van der Waals surface area contributed by atoms with Gasteiger partial charge in [0.2, 0.25) is 0 Å². The molecule has 1 rings (SSSR count). The van der Waals surface area contributed by atoms with Gasteiger partial charge in [0.05, 0.1) is 9.95 Å². The molecule has 1 aromatic rings. The van der Waals surface area contributed by atoms with E-state index < -0.39 is 29.6 Å². The van der Waals surface area contributed by atoms with E-state index in [1.165, 1.54) is 0 Å². The summed E-state index contributed by atoms with van der Waals surface area (Å²) in [7, 11) is 0.768. The smallest absolute Gasteiger partial charge is 0.258 e. The first kappa shape index (κ1) is 12.5. The summed E-state index contributed by atoms with van der Waals surface area (Å²) in [4.78, 5) is 8.95. The lowest BCUT2D eigenvalue weighted by atomic mass is 10.3. The van der Waals surface area contributed by atoms with Crippen LogP contribution in [-0.2, 0) is 9.05 Å². The van der Waals surface area contributed by atoms with Crippen LogP contribution in [0.3, 0.4) is 0 Å². The van der Waals surface area contributed by atoms with Crippen molar-refractivity contribution in [3.05, 3.63) is 32.3 Å². The Bertz CT molecular complexity index is 527. The maximum atomic E-state index is 11.0. The van der Waals surface area contributed by atoms with Gasteiger partial charge in [-0.3, -0.25) is 10.1 Å². The topological polar surface area (TPSA) is 77.3 Å². The van der Waals surface area contributed by atoms with Crippen molar-refractivity contribution < 1.29 is 13.3 Å². The predicted octanol–water partition coefficient (Wildman–Crippen LogP) is 2.83. The first-order valence-corrected chi connectivity index (χ1v) is 6.38. The Kier molecular flexibility index (Phi) is 3.44. The zero-order valence-electron chi connectivity index (χ0n) is 6.78. The normalized spacial score (nSPS) is 11.4. The summed E-state index contributed by atoms with van der Waals surface area (Å²) in [5.74, 6) is 0. The molecule has 15 heavy (non-hydrogen) atoms. The summed E-state index contributed by atoms with van der Waals surface area (Å²) in [6, 6.07) is 2.04. The first-order chi connectivity index (χ1) is 6.75. The molecule has 0 aliphatic rings. The maximum absolute atomic E-state index is 11.0. The number of rotatable bonds is 2. The minimum Gasteiger partial charge on any atom is -0.258 e. The van der Waals surface area contributed by atoms with Crippen molar-refractivity contribution >= 4 is 48.6 Å². The van der Waals surface area contributed by atoms with Crippen molar-refractivity contribution in [3.63, 3.8) is 0 Å². The summed E-state index contributed by atoms with van der Waals surface area (Å²) in [5, 5.41) is 10.0. The lowest BCUT2D eigenvalue weighted by Gasteiger charge is -2.01. The highest BCUT2D eigenvalue weighted by molar-refractivity contribution is 8.13. The van der Waals surface area contributed by atoms with Crippen LogP contribution in [0.25, 0.3) is 0 Å². The fraction of sp³-hybridized carbons (Fsp3) is 0. The van der Waals surface area contributed by atoms with E-state index in [2.05, 4.69) is 0 Å². The molecule has 0 saturated heterocycles. The minimum atomic E-state index is -4.23. The van der Waals surface area contributed by atoms with Crippen molar-refractivity contribution in [2.75, 3.05) is 0 Å². The monoisotopic (exact) mass is 289 g/mol. The van der Waals surface area contributed by atoms with Gasteiger partial charge in [0, 0.05) is 10.7 Å². The van der Waals surface area contributed by atoms with Gasteiger partial charge in [-0.15, -0.1) is 0 Å². The second-order valence-electron chi connectivity index (χ2n) is 2.40. The second-order valence-corrected chi connectivity index (χ2v) is 5.72. The molecule has 5 nitrogen and oxygen atoms in total. The molecule has 0 aliphatic heterocycles. The van der Waals surface area contributed by atoms with Crippen molar-refractivity contribution in [1.82, 2.24) is 0 Å². The van der Waals surface area contributed by atoms with E-state index >= 15 is 0 Å². The van der Waals surface area contributed by atoms with E-state index in [1.54, 1.807) is 0 Å². The van der Waals surface area contributed by atoms with E-state index in [4.69, 9.17) is 33.9 Å². The average Bonchev–Trinajstić information content (AvgIpc) is 2.06. The number of nitro benzene ring substituents is 1. The Balaban J connectivity index is 3.70. The number of hydrogen-bond acceptors (Lipinski definition) is 4. The molecule has 0 aromatic heterocycles. The van der Waals surface area contributed by atoms with Gasteiger partial charge in [0.25, 0.3) is 9.05 Å². The maximum Gasteiger partial charge on any atom is 0.309 e. The molecule has 9 heteroatoms. The highest BCUT2D eigenvalue weighted by Gasteiger charge is 2.28. The zero-order valence-corrected chi connectivity index (χ0v) is 9.86. The fourth-order valence-electron chi connectivity index (χ4n) is 0.889. The molecule has 82 valence electrons. The van der Waals surface area contributed by atoms with Crippen molar-refractivity contribution in [2.45, 2.75) is 4.90 Å². The van der Waals surface area contributed by atoms with Crippen LogP contribution in [0.2, 0.25) is 10.0 Å². The third-order valence-electron chi connectivity index (χ3n) is 1.48. The summed E-state index contributed by atoms with van der Waals surface area (Å²) in [5.41, 5.74) is -0.820. The van der Waals surface area contributed by atoms with Gasteiger partial charge in [-0.1, -0.05) is 23.2 Å². The quantitative estimate of drug-likeness (QED) is 0.477. The molecule has 0 unspecified atom stereocenters. The fourth-order valence-corrected chi connectivity index (χ4v) is 2.34. The molecule has 0 amide bonds. The van der Waals surface area contributed by atoms with Crippen LogP contribution >= 0.6 is 33.9 Å². The highest BCUT2D eigenvalue weighted by atomic mass is 35.7. The summed E-state index contributed by atoms with van der Waals surface area (Å²) >= 11 is 11.0. The molecule has 0 atom stereocenters. The van der Waals surface area contributed by atoms with Gasteiger partial charge in [0.15, 0.2) is 4.90 Å². The van der Waals surface area contributed by atoms with Crippen LogP contribution < -0.4 is 0 Å². The molecule has 1 aromatic carbocycles. The average molecular weight is 291 g/mol. The summed E-state index contributed by atoms with van der Waals surface area (Å²) < 4.78 is 22.0. The lowest BCUT2D eigenvalue weighted by molar-refractivity contribution is -0.387. The summed E-state index contributed by atoms with van der Waals surface area (Å²) in [6.45, 7) is 0. The van der Waals surface area contributed by atoms with E-state index in [1.807, 2.05) is 0 Å². The van der Waals surface area contributed by atoms with Crippen LogP contribution in [-0.4, -0.2) is 13.3 Å². The van der Waals surface area contributed by atoms with Crippen molar-refractivity contribution in [2.24, 2.45) is 0 Å². The van der Waals surface area contributed by atoms with Gasteiger partial charge in [-0.2, -0.15) is 0 Å². The third-order valence-corrected chi connectivity index (χ3v) is 3.63. The molecule has 0 fully saturated rings. The second kappa shape index (κ2) is 4.13. The molecule has 0 bridgehead atoms. The predicted molar refractivity (Wildman–Crippen MR) is 56.2 cm³/mol. The minimum absolute atomic E-state index is 0.118. The van der Waals surface area contributed by atoms with Crippen molar-refractivity contribution in [3.8, 4) is 0 Å². The van der Waals surface area contributed by atoms with E-state index in [0.29, 0.717) is 0 Å². The highest BCUT2D eigenvalue weighted by Crippen LogP contribution is 2.38. The Morgan fingerprint density at radius 2 is 1.80 bits per heavy atom. The molecule has 0 heterocycles. The number of hydrogen-bond donors (Lipinski definition) is 0. The Hall–Kier alpha value is -0.560. The number of nitro groups is 1. The SMILES string of the molecule is O=[N+]([O-])c1c(S(=O)(=O)Cl)ccc(Cl)c1Cl. The molecule has 0 N–H and O–H groups in total. The zero-order chi connectivity index (χ0) is 11.8. The lowest BCUT2D eigenvalue weighted by Crippen LogP contribution is -1.99. The van der Waals surface area contributed by atoms with Crippen LogP contribution in [0.5, 0.6) is 0 Å². The van der Waals surface area contributed by atoms with Crippen LogP contribution in [0.4, 0.5) is 5.69 Å². The van der Waals surface area contributed by atoms with Gasteiger partial charge in [-0.25, -0.2) is 8.42 Å².